The van der Waals surface area contributed by atoms with Crippen molar-refractivity contribution in [1.29, 1.82) is 0 Å². The summed E-state index contributed by atoms with van der Waals surface area (Å²) in [6.07, 6.45) is 2.01. The quantitative estimate of drug-likeness (QED) is 0.730. The molecule has 107 valence electrons. The number of aromatic nitrogens is 2. The third-order valence-electron chi connectivity index (χ3n) is 2.96. The van der Waals surface area contributed by atoms with Gasteiger partial charge in [0, 0.05) is 28.4 Å². The van der Waals surface area contributed by atoms with E-state index in [-0.39, 0.29) is 0 Å². The highest BCUT2D eigenvalue weighted by molar-refractivity contribution is 7.99. The van der Waals surface area contributed by atoms with E-state index in [1.165, 1.54) is 0 Å². The SMILES string of the molecule is C[CH]c1nc(C(C)C)c(Sc2cc(Cl)cc(Cl)c2)n1C. The lowest BCUT2D eigenvalue weighted by molar-refractivity contribution is 0.756. The normalized spacial score (nSPS) is 11.3. The van der Waals surface area contributed by atoms with Gasteiger partial charge in [-0.3, -0.25) is 0 Å². The van der Waals surface area contributed by atoms with Crippen LogP contribution in [-0.4, -0.2) is 9.55 Å². The Labute approximate surface area is 134 Å². The maximum atomic E-state index is 6.06. The Morgan fingerprint density at radius 3 is 2.30 bits per heavy atom. The summed E-state index contributed by atoms with van der Waals surface area (Å²) in [6.45, 7) is 6.30. The van der Waals surface area contributed by atoms with Crippen LogP contribution >= 0.6 is 35.0 Å². The van der Waals surface area contributed by atoms with Crippen molar-refractivity contribution < 1.29 is 0 Å². The first kappa shape index (κ1) is 15.7. The molecule has 0 amide bonds. The van der Waals surface area contributed by atoms with Crippen LogP contribution in [0.2, 0.25) is 10.0 Å². The van der Waals surface area contributed by atoms with Gasteiger partial charge in [0.25, 0.3) is 0 Å². The molecular formula is C15H17Cl2N2S. The van der Waals surface area contributed by atoms with Crippen molar-refractivity contribution in [2.75, 3.05) is 0 Å². The molecule has 0 aliphatic heterocycles. The van der Waals surface area contributed by atoms with Crippen LogP contribution in [0, 0.1) is 6.42 Å². The van der Waals surface area contributed by atoms with E-state index in [1.807, 2.05) is 32.5 Å². The number of benzene rings is 1. The molecule has 0 aliphatic rings. The number of hydrogen-bond donors (Lipinski definition) is 0. The van der Waals surface area contributed by atoms with Gasteiger partial charge in [-0.15, -0.1) is 0 Å². The maximum Gasteiger partial charge on any atom is 0.113 e. The Kier molecular flexibility index (Phi) is 5.05. The smallest absolute Gasteiger partial charge is 0.113 e. The molecule has 0 bridgehead atoms. The standard InChI is InChI=1S/C15H17Cl2N2S/c1-5-13-18-14(9(2)3)15(19(13)4)20-12-7-10(16)6-11(17)8-12/h5-9H,1-4H3. The summed E-state index contributed by atoms with van der Waals surface area (Å²) in [5, 5.41) is 2.43. The molecule has 0 unspecified atom stereocenters. The molecule has 1 aromatic heterocycles. The first-order valence-electron chi connectivity index (χ1n) is 6.42. The van der Waals surface area contributed by atoms with E-state index in [4.69, 9.17) is 23.2 Å². The molecule has 0 fully saturated rings. The summed E-state index contributed by atoms with van der Waals surface area (Å²) in [7, 11) is 2.03. The molecule has 2 nitrogen and oxygen atoms in total. The predicted molar refractivity (Wildman–Crippen MR) is 87.0 cm³/mol. The van der Waals surface area contributed by atoms with Gasteiger partial charge in [0.15, 0.2) is 0 Å². The summed E-state index contributed by atoms with van der Waals surface area (Å²) in [5.41, 5.74) is 1.10. The lowest BCUT2D eigenvalue weighted by Crippen LogP contribution is -1.96. The number of halogens is 2. The van der Waals surface area contributed by atoms with Crippen molar-refractivity contribution in [1.82, 2.24) is 9.55 Å². The zero-order valence-electron chi connectivity index (χ0n) is 11.9. The minimum Gasteiger partial charge on any atom is -0.326 e. The fourth-order valence-corrected chi connectivity index (χ4v) is 3.84. The lowest BCUT2D eigenvalue weighted by atomic mass is 10.1. The van der Waals surface area contributed by atoms with E-state index in [0.29, 0.717) is 16.0 Å². The minimum absolute atomic E-state index is 0.368. The van der Waals surface area contributed by atoms with E-state index in [2.05, 4.69) is 23.4 Å². The van der Waals surface area contributed by atoms with Crippen molar-refractivity contribution in [3.63, 3.8) is 0 Å². The molecule has 2 aromatic rings. The van der Waals surface area contributed by atoms with E-state index in [0.717, 1.165) is 21.4 Å². The van der Waals surface area contributed by atoms with Gasteiger partial charge in [-0.05, 0) is 24.1 Å². The van der Waals surface area contributed by atoms with Crippen molar-refractivity contribution in [2.45, 2.75) is 36.6 Å². The van der Waals surface area contributed by atoms with Crippen LogP contribution in [0.5, 0.6) is 0 Å². The molecule has 1 aromatic carbocycles. The largest absolute Gasteiger partial charge is 0.326 e. The molecular weight excluding hydrogens is 311 g/mol. The molecule has 1 heterocycles. The molecule has 1 radical (unpaired) electrons. The summed E-state index contributed by atoms with van der Waals surface area (Å²) in [5.74, 6) is 1.34. The zero-order valence-corrected chi connectivity index (χ0v) is 14.3. The lowest BCUT2D eigenvalue weighted by Gasteiger charge is -2.09. The number of hydrogen-bond acceptors (Lipinski definition) is 2. The highest BCUT2D eigenvalue weighted by Gasteiger charge is 2.17. The van der Waals surface area contributed by atoms with Crippen LogP contribution in [0.3, 0.4) is 0 Å². The van der Waals surface area contributed by atoms with Crippen LogP contribution in [0.25, 0.3) is 0 Å². The molecule has 0 atom stereocenters. The number of imidazole rings is 1. The van der Waals surface area contributed by atoms with Crippen LogP contribution in [0.4, 0.5) is 0 Å². The molecule has 5 heteroatoms. The van der Waals surface area contributed by atoms with Crippen molar-refractivity contribution in [3.05, 3.63) is 46.2 Å². The van der Waals surface area contributed by atoms with E-state index in [1.54, 1.807) is 17.8 Å². The van der Waals surface area contributed by atoms with Gasteiger partial charge >= 0.3 is 0 Å². The molecule has 0 saturated heterocycles. The topological polar surface area (TPSA) is 17.8 Å². The predicted octanol–water partition coefficient (Wildman–Crippen LogP) is 5.57. The summed E-state index contributed by atoms with van der Waals surface area (Å²) >= 11 is 13.8. The summed E-state index contributed by atoms with van der Waals surface area (Å²) < 4.78 is 2.11. The molecule has 2 rings (SSSR count). The van der Waals surface area contributed by atoms with Gasteiger partial charge in [0.05, 0.1) is 5.69 Å². The van der Waals surface area contributed by atoms with Gasteiger partial charge in [-0.2, -0.15) is 0 Å². The van der Waals surface area contributed by atoms with Crippen molar-refractivity contribution in [2.24, 2.45) is 7.05 Å². The second-order valence-electron chi connectivity index (χ2n) is 4.87. The van der Waals surface area contributed by atoms with E-state index >= 15 is 0 Å². The van der Waals surface area contributed by atoms with Gasteiger partial charge < -0.3 is 4.57 Å². The fourth-order valence-electron chi connectivity index (χ4n) is 1.98. The van der Waals surface area contributed by atoms with E-state index < -0.39 is 0 Å². The monoisotopic (exact) mass is 327 g/mol. The third-order valence-corrected chi connectivity index (χ3v) is 4.54. The van der Waals surface area contributed by atoms with Gasteiger partial charge in [-0.1, -0.05) is 55.7 Å². The molecule has 0 aliphatic carbocycles. The van der Waals surface area contributed by atoms with Gasteiger partial charge in [0.2, 0.25) is 0 Å². The minimum atomic E-state index is 0.368. The first-order valence-corrected chi connectivity index (χ1v) is 7.99. The Hall–Kier alpha value is -0.640. The van der Waals surface area contributed by atoms with Crippen LogP contribution < -0.4 is 0 Å². The van der Waals surface area contributed by atoms with Crippen LogP contribution in [0.1, 0.15) is 38.2 Å². The van der Waals surface area contributed by atoms with Crippen molar-refractivity contribution in [3.8, 4) is 0 Å². The number of nitrogens with zero attached hydrogens (tertiary/aromatic N) is 2. The van der Waals surface area contributed by atoms with Crippen molar-refractivity contribution >= 4 is 35.0 Å². The molecule has 20 heavy (non-hydrogen) atoms. The maximum absolute atomic E-state index is 6.06. The fraction of sp³-hybridized carbons (Fsp3) is 0.333. The molecule has 0 saturated carbocycles. The zero-order chi connectivity index (χ0) is 14.9. The van der Waals surface area contributed by atoms with E-state index in [9.17, 15) is 0 Å². The molecule has 0 spiro atoms. The highest BCUT2D eigenvalue weighted by Crippen LogP contribution is 2.36. The Morgan fingerprint density at radius 1 is 1.20 bits per heavy atom. The second kappa shape index (κ2) is 6.42. The average molecular weight is 328 g/mol. The average Bonchev–Trinajstić information content (AvgIpc) is 2.65. The number of rotatable bonds is 4. The van der Waals surface area contributed by atoms with Crippen LogP contribution in [0.15, 0.2) is 28.1 Å². The van der Waals surface area contributed by atoms with Gasteiger partial charge in [0.1, 0.15) is 10.9 Å². The second-order valence-corrected chi connectivity index (χ2v) is 6.81. The Balaban J connectivity index is 2.44. The van der Waals surface area contributed by atoms with Crippen LogP contribution in [-0.2, 0) is 7.05 Å². The highest BCUT2D eigenvalue weighted by atomic mass is 35.5. The third kappa shape index (κ3) is 3.33. The first-order chi connectivity index (χ1) is 9.42. The molecule has 0 N–H and O–H groups in total. The summed E-state index contributed by atoms with van der Waals surface area (Å²) in [6, 6.07) is 5.58. The van der Waals surface area contributed by atoms with Gasteiger partial charge in [-0.25, -0.2) is 4.98 Å². The Morgan fingerprint density at radius 2 is 1.80 bits per heavy atom. The Bertz CT molecular complexity index is 600. The summed E-state index contributed by atoms with van der Waals surface area (Å²) in [4.78, 5) is 5.71.